The Morgan fingerprint density at radius 2 is 1.92 bits per heavy atom. The second-order valence-electron chi connectivity index (χ2n) is 1.81. The number of nitrogens with zero attached hydrogens (tertiary/aromatic N) is 2. The molecule has 0 spiro atoms. The molecule has 0 atom stereocenters. The van der Waals surface area contributed by atoms with Gasteiger partial charge >= 0.3 is 0 Å². The Hall–Kier alpha value is -0.340. The molecule has 0 unspecified atom stereocenters. The number of halogens is 2. The van der Waals surface area contributed by atoms with Crippen LogP contribution >= 0.6 is 23.2 Å². The van der Waals surface area contributed by atoms with E-state index in [0.29, 0.717) is 5.15 Å². The predicted molar refractivity (Wildman–Crippen MR) is 52.8 cm³/mol. The molecule has 1 aromatic rings. The number of hydrogen-bond acceptors (Lipinski definition) is 2. The van der Waals surface area contributed by atoms with Gasteiger partial charge in [-0.2, -0.15) is 0 Å². The van der Waals surface area contributed by atoms with Crippen molar-refractivity contribution in [2.75, 3.05) is 0 Å². The van der Waals surface area contributed by atoms with Gasteiger partial charge in [0.1, 0.15) is 5.15 Å². The minimum Gasteiger partial charge on any atom is -0.226 e. The first-order valence-corrected chi connectivity index (χ1v) is 4.66. The third-order valence-corrected chi connectivity index (χ3v) is 1.67. The summed E-state index contributed by atoms with van der Waals surface area (Å²) in [7, 11) is 0. The van der Waals surface area contributed by atoms with Crippen LogP contribution in [0.25, 0.3) is 0 Å². The fraction of sp³-hybridized carbons (Fsp3) is 0.500. The van der Waals surface area contributed by atoms with E-state index >= 15 is 0 Å². The van der Waals surface area contributed by atoms with E-state index in [1.807, 2.05) is 20.8 Å². The molecule has 68 valence electrons. The lowest BCUT2D eigenvalue weighted by Gasteiger charge is -1.96. The van der Waals surface area contributed by atoms with Gasteiger partial charge in [0.25, 0.3) is 0 Å². The molecule has 0 aromatic carbocycles. The van der Waals surface area contributed by atoms with Crippen molar-refractivity contribution in [1.82, 2.24) is 9.97 Å². The lowest BCUT2D eigenvalue weighted by molar-refractivity contribution is 1.04. The molecular weight excluding hydrogens is 195 g/mol. The first-order chi connectivity index (χ1) is 5.74. The van der Waals surface area contributed by atoms with Crippen LogP contribution in [0.5, 0.6) is 0 Å². The van der Waals surface area contributed by atoms with Crippen LogP contribution in [0.2, 0.25) is 10.4 Å². The summed E-state index contributed by atoms with van der Waals surface area (Å²) >= 11 is 11.2. The molecular formula is C8H12Cl2N2. The van der Waals surface area contributed by atoms with Gasteiger partial charge in [0.15, 0.2) is 0 Å². The Balaban J connectivity index is 0.000000561. The first kappa shape index (κ1) is 11.7. The second kappa shape index (κ2) is 6.21. The van der Waals surface area contributed by atoms with Gasteiger partial charge in [-0.3, -0.25) is 0 Å². The van der Waals surface area contributed by atoms with Crippen LogP contribution in [0.4, 0.5) is 0 Å². The monoisotopic (exact) mass is 206 g/mol. The van der Waals surface area contributed by atoms with Crippen LogP contribution in [0.1, 0.15) is 26.3 Å². The Bertz CT molecular complexity index is 238. The zero-order valence-corrected chi connectivity index (χ0v) is 8.95. The van der Waals surface area contributed by atoms with Crippen LogP contribution in [0, 0.1) is 0 Å². The second-order valence-corrected chi connectivity index (χ2v) is 2.50. The predicted octanol–water partition coefficient (Wildman–Crippen LogP) is 3.37. The van der Waals surface area contributed by atoms with Gasteiger partial charge in [0.05, 0.1) is 0 Å². The van der Waals surface area contributed by atoms with E-state index in [-0.39, 0.29) is 5.28 Å². The summed E-state index contributed by atoms with van der Waals surface area (Å²) in [5.41, 5.74) is 0.922. The summed E-state index contributed by atoms with van der Waals surface area (Å²) in [6.45, 7) is 5.98. The molecule has 2 nitrogen and oxygen atoms in total. The summed E-state index contributed by atoms with van der Waals surface area (Å²) < 4.78 is 0. The summed E-state index contributed by atoms with van der Waals surface area (Å²) in [6, 6.07) is 0. The fourth-order valence-corrected chi connectivity index (χ4v) is 1.04. The average molecular weight is 207 g/mol. The summed E-state index contributed by atoms with van der Waals surface area (Å²) in [6.07, 6.45) is 2.47. The van der Waals surface area contributed by atoms with Crippen molar-refractivity contribution in [2.24, 2.45) is 0 Å². The molecule has 0 saturated carbocycles. The van der Waals surface area contributed by atoms with Gasteiger partial charge in [-0.25, -0.2) is 9.97 Å². The minimum atomic E-state index is 0.196. The van der Waals surface area contributed by atoms with Gasteiger partial charge in [-0.1, -0.05) is 32.4 Å². The topological polar surface area (TPSA) is 25.8 Å². The van der Waals surface area contributed by atoms with Crippen LogP contribution < -0.4 is 0 Å². The molecule has 12 heavy (non-hydrogen) atoms. The number of aromatic nitrogens is 2. The van der Waals surface area contributed by atoms with Crippen LogP contribution in [-0.4, -0.2) is 9.97 Å². The summed E-state index contributed by atoms with van der Waals surface area (Å²) in [4.78, 5) is 7.54. The van der Waals surface area contributed by atoms with Crippen LogP contribution in [0.3, 0.4) is 0 Å². The molecule has 0 radical (unpaired) electrons. The van der Waals surface area contributed by atoms with Gasteiger partial charge in [-0.05, 0) is 18.0 Å². The summed E-state index contributed by atoms with van der Waals surface area (Å²) in [5, 5.41) is 0.643. The van der Waals surface area contributed by atoms with Crippen molar-refractivity contribution in [1.29, 1.82) is 0 Å². The molecule has 0 aliphatic rings. The SMILES string of the molecule is CC.CCc1cnc(Cl)nc1Cl. The molecule has 1 aromatic heterocycles. The van der Waals surface area contributed by atoms with Crippen molar-refractivity contribution in [3.05, 3.63) is 22.2 Å². The van der Waals surface area contributed by atoms with Crippen molar-refractivity contribution >= 4 is 23.2 Å². The van der Waals surface area contributed by atoms with E-state index in [2.05, 4.69) is 9.97 Å². The molecule has 1 heterocycles. The van der Waals surface area contributed by atoms with Gasteiger partial charge in [0, 0.05) is 11.8 Å². The average Bonchev–Trinajstić information content (AvgIpc) is 2.08. The highest BCUT2D eigenvalue weighted by Gasteiger charge is 1.99. The zero-order valence-electron chi connectivity index (χ0n) is 7.43. The molecule has 0 aliphatic heterocycles. The highest BCUT2D eigenvalue weighted by Crippen LogP contribution is 2.13. The number of hydrogen-bond donors (Lipinski definition) is 0. The third kappa shape index (κ3) is 3.37. The van der Waals surface area contributed by atoms with E-state index < -0.39 is 0 Å². The fourth-order valence-electron chi connectivity index (χ4n) is 0.603. The minimum absolute atomic E-state index is 0.196. The lowest BCUT2D eigenvalue weighted by Crippen LogP contribution is -1.89. The summed E-state index contributed by atoms with van der Waals surface area (Å²) in [5.74, 6) is 0. The number of rotatable bonds is 1. The molecule has 0 saturated heterocycles. The van der Waals surface area contributed by atoms with Crippen LogP contribution in [0.15, 0.2) is 6.20 Å². The Morgan fingerprint density at radius 1 is 1.33 bits per heavy atom. The van der Waals surface area contributed by atoms with Crippen molar-refractivity contribution in [3.63, 3.8) is 0 Å². The normalized spacial score (nSPS) is 8.75. The molecule has 1 rings (SSSR count). The van der Waals surface area contributed by atoms with E-state index in [4.69, 9.17) is 23.2 Å². The Kier molecular flexibility index (Phi) is 6.03. The van der Waals surface area contributed by atoms with Gasteiger partial charge in [-0.15, -0.1) is 0 Å². The Morgan fingerprint density at radius 3 is 2.33 bits per heavy atom. The smallest absolute Gasteiger partial charge is 0.223 e. The Labute approximate surface area is 82.9 Å². The third-order valence-electron chi connectivity index (χ3n) is 1.16. The quantitative estimate of drug-likeness (QED) is 0.521. The maximum atomic E-state index is 5.69. The van der Waals surface area contributed by atoms with E-state index in [1.165, 1.54) is 0 Å². The van der Waals surface area contributed by atoms with Crippen molar-refractivity contribution in [3.8, 4) is 0 Å². The van der Waals surface area contributed by atoms with Crippen molar-refractivity contribution < 1.29 is 0 Å². The molecule has 0 bridgehead atoms. The van der Waals surface area contributed by atoms with E-state index in [9.17, 15) is 0 Å². The van der Waals surface area contributed by atoms with E-state index in [1.54, 1.807) is 6.20 Å². The highest BCUT2D eigenvalue weighted by molar-refractivity contribution is 6.32. The molecule has 0 aliphatic carbocycles. The molecule has 4 heteroatoms. The standard InChI is InChI=1S/C6H6Cl2N2.C2H6/c1-2-4-3-9-6(8)10-5(4)7;1-2/h3H,2H2,1H3;1-2H3. The van der Waals surface area contributed by atoms with Crippen molar-refractivity contribution in [2.45, 2.75) is 27.2 Å². The molecule has 0 N–H and O–H groups in total. The maximum absolute atomic E-state index is 5.69. The lowest BCUT2D eigenvalue weighted by atomic mass is 10.3. The molecule has 0 fully saturated rings. The van der Waals surface area contributed by atoms with E-state index in [0.717, 1.165) is 12.0 Å². The first-order valence-electron chi connectivity index (χ1n) is 3.91. The van der Waals surface area contributed by atoms with Crippen LogP contribution in [-0.2, 0) is 6.42 Å². The number of aryl methyl sites for hydroxylation is 1. The molecule has 0 amide bonds. The van der Waals surface area contributed by atoms with Gasteiger partial charge < -0.3 is 0 Å². The zero-order chi connectivity index (χ0) is 9.56. The van der Waals surface area contributed by atoms with Gasteiger partial charge in [0.2, 0.25) is 5.28 Å². The largest absolute Gasteiger partial charge is 0.226 e. The maximum Gasteiger partial charge on any atom is 0.223 e. The highest BCUT2D eigenvalue weighted by atomic mass is 35.5.